The normalized spacial score (nSPS) is 11.7. The highest BCUT2D eigenvalue weighted by atomic mass is 32.2. The Labute approximate surface area is 156 Å². The first-order valence-corrected chi connectivity index (χ1v) is 10.4. The van der Waals surface area contributed by atoms with Crippen LogP contribution in [0.15, 0.2) is 46.8 Å². The molecule has 2 amide bonds. The van der Waals surface area contributed by atoms with Gasteiger partial charge in [-0.2, -0.15) is 0 Å². The zero-order valence-corrected chi connectivity index (χ0v) is 16.2. The zero-order chi connectivity index (χ0) is 18.9. The molecular weight excluding hydrogens is 370 g/mol. The molecule has 2 N–H and O–H groups in total. The van der Waals surface area contributed by atoms with Gasteiger partial charge in [-0.05, 0) is 50.6 Å². The number of nitrogens with zero attached hydrogens (tertiary/aromatic N) is 1. The standard InChI is InChI=1S/C18H19N3O3S2/c1-11(2)26(23,24)18-21-15-9-8-13(10-16(15)25-18)19-17(22)20-14-7-5-4-6-12(14)3/h4-11H,1-3H3,(H2,19,20,22). The molecule has 3 aromatic rings. The third kappa shape index (κ3) is 3.71. The maximum Gasteiger partial charge on any atom is 0.323 e. The molecule has 0 spiro atoms. The van der Waals surface area contributed by atoms with Crippen LogP contribution < -0.4 is 10.6 Å². The first-order valence-electron chi connectivity index (χ1n) is 8.05. The minimum Gasteiger partial charge on any atom is -0.308 e. The van der Waals surface area contributed by atoms with Crippen LogP contribution in [0.1, 0.15) is 19.4 Å². The van der Waals surface area contributed by atoms with E-state index in [4.69, 9.17) is 0 Å². The fraction of sp³-hybridized carbons (Fsp3) is 0.222. The number of nitrogens with one attached hydrogen (secondary N) is 2. The second-order valence-electron chi connectivity index (χ2n) is 6.15. The number of para-hydroxylation sites is 1. The smallest absolute Gasteiger partial charge is 0.308 e. The number of urea groups is 1. The van der Waals surface area contributed by atoms with Gasteiger partial charge in [0, 0.05) is 11.4 Å². The second-order valence-corrected chi connectivity index (χ2v) is 9.86. The molecule has 2 aromatic carbocycles. The average Bonchev–Trinajstić information content (AvgIpc) is 3.01. The van der Waals surface area contributed by atoms with Gasteiger partial charge >= 0.3 is 6.03 Å². The van der Waals surface area contributed by atoms with Gasteiger partial charge in [-0.15, -0.1) is 11.3 Å². The summed E-state index contributed by atoms with van der Waals surface area (Å²) in [7, 11) is -3.41. The number of rotatable bonds is 4. The summed E-state index contributed by atoms with van der Waals surface area (Å²) < 4.78 is 25.3. The minimum atomic E-state index is -3.41. The van der Waals surface area contributed by atoms with Gasteiger partial charge in [-0.25, -0.2) is 18.2 Å². The summed E-state index contributed by atoms with van der Waals surface area (Å²) in [6.07, 6.45) is 0. The summed E-state index contributed by atoms with van der Waals surface area (Å²) >= 11 is 1.11. The fourth-order valence-electron chi connectivity index (χ4n) is 2.30. The van der Waals surface area contributed by atoms with E-state index in [1.165, 1.54) is 0 Å². The number of sulfone groups is 1. The van der Waals surface area contributed by atoms with Crippen molar-refractivity contribution < 1.29 is 13.2 Å². The van der Waals surface area contributed by atoms with Crippen molar-refractivity contribution in [2.45, 2.75) is 30.4 Å². The van der Waals surface area contributed by atoms with Gasteiger partial charge in [-0.1, -0.05) is 18.2 Å². The molecule has 0 aliphatic carbocycles. The van der Waals surface area contributed by atoms with Gasteiger partial charge < -0.3 is 10.6 Å². The monoisotopic (exact) mass is 389 g/mol. The molecule has 26 heavy (non-hydrogen) atoms. The molecule has 0 saturated carbocycles. The van der Waals surface area contributed by atoms with Crippen molar-refractivity contribution >= 4 is 48.8 Å². The Morgan fingerprint density at radius 3 is 2.54 bits per heavy atom. The number of fused-ring (bicyclic) bond motifs is 1. The molecule has 3 rings (SSSR count). The lowest BCUT2D eigenvalue weighted by atomic mass is 10.2. The van der Waals surface area contributed by atoms with E-state index in [0.717, 1.165) is 22.6 Å². The van der Waals surface area contributed by atoms with Crippen LogP contribution in [0.25, 0.3) is 10.2 Å². The lowest BCUT2D eigenvalue weighted by Gasteiger charge is -2.09. The number of anilines is 2. The Balaban J connectivity index is 1.81. The van der Waals surface area contributed by atoms with E-state index in [-0.39, 0.29) is 10.4 Å². The molecule has 0 aliphatic rings. The molecule has 6 nitrogen and oxygen atoms in total. The summed E-state index contributed by atoms with van der Waals surface area (Å²) in [4.78, 5) is 16.4. The number of thiazole rings is 1. The summed E-state index contributed by atoms with van der Waals surface area (Å²) in [5.41, 5.74) is 2.86. The number of amides is 2. The first kappa shape index (κ1) is 18.3. The van der Waals surface area contributed by atoms with E-state index in [0.29, 0.717) is 15.9 Å². The van der Waals surface area contributed by atoms with Crippen LogP contribution in [0.2, 0.25) is 0 Å². The number of carbonyl (C=O) groups is 1. The molecule has 8 heteroatoms. The van der Waals surface area contributed by atoms with Crippen molar-refractivity contribution in [3.05, 3.63) is 48.0 Å². The van der Waals surface area contributed by atoms with Gasteiger partial charge in [-0.3, -0.25) is 0 Å². The number of aryl methyl sites for hydroxylation is 1. The number of benzene rings is 2. The minimum absolute atomic E-state index is 0.101. The lowest BCUT2D eigenvalue weighted by molar-refractivity contribution is 0.262. The SMILES string of the molecule is Cc1ccccc1NC(=O)Nc1ccc2nc(S(=O)(=O)C(C)C)sc2c1. The van der Waals surface area contributed by atoms with Crippen LogP contribution in [0.4, 0.5) is 16.2 Å². The Morgan fingerprint density at radius 2 is 1.85 bits per heavy atom. The van der Waals surface area contributed by atoms with Crippen LogP contribution in [0.3, 0.4) is 0 Å². The molecule has 1 heterocycles. The second kappa shape index (κ2) is 7.05. The van der Waals surface area contributed by atoms with Gasteiger partial charge in [0.05, 0.1) is 15.5 Å². The maximum atomic E-state index is 12.3. The van der Waals surface area contributed by atoms with E-state index in [1.54, 1.807) is 32.0 Å². The lowest BCUT2D eigenvalue weighted by Crippen LogP contribution is -2.19. The Kier molecular flexibility index (Phi) is 4.97. The number of carbonyl (C=O) groups excluding carboxylic acids is 1. The number of aromatic nitrogens is 1. The van der Waals surface area contributed by atoms with Gasteiger partial charge in [0.15, 0.2) is 0 Å². The molecule has 136 valence electrons. The molecule has 1 aromatic heterocycles. The summed E-state index contributed by atoms with van der Waals surface area (Å²) in [6.45, 7) is 5.17. The van der Waals surface area contributed by atoms with Crippen LogP contribution >= 0.6 is 11.3 Å². The predicted octanol–water partition coefficient (Wildman–Crippen LogP) is 4.43. The molecule has 0 atom stereocenters. The average molecular weight is 390 g/mol. The molecule has 0 saturated heterocycles. The zero-order valence-electron chi connectivity index (χ0n) is 14.6. The molecule has 0 radical (unpaired) electrons. The van der Waals surface area contributed by atoms with Crippen LogP contribution in [0, 0.1) is 6.92 Å². The highest BCUT2D eigenvalue weighted by molar-refractivity contribution is 7.94. The van der Waals surface area contributed by atoms with E-state index < -0.39 is 15.1 Å². The van der Waals surface area contributed by atoms with Gasteiger partial charge in [0.2, 0.25) is 14.2 Å². The molecule has 0 bridgehead atoms. The van der Waals surface area contributed by atoms with Crippen molar-refractivity contribution in [1.29, 1.82) is 0 Å². The van der Waals surface area contributed by atoms with Crippen molar-refractivity contribution in [3.8, 4) is 0 Å². The van der Waals surface area contributed by atoms with E-state index >= 15 is 0 Å². The van der Waals surface area contributed by atoms with Gasteiger partial charge in [0.1, 0.15) is 0 Å². The quantitative estimate of drug-likeness (QED) is 0.691. The highest BCUT2D eigenvalue weighted by Crippen LogP contribution is 2.30. The first-order chi connectivity index (χ1) is 12.3. The number of hydrogen-bond donors (Lipinski definition) is 2. The third-order valence-corrected chi connectivity index (χ3v) is 7.46. The van der Waals surface area contributed by atoms with Crippen molar-refractivity contribution in [2.75, 3.05) is 10.6 Å². The van der Waals surface area contributed by atoms with E-state index in [2.05, 4.69) is 15.6 Å². The van der Waals surface area contributed by atoms with Crippen LogP contribution in [0.5, 0.6) is 0 Å². The maximum absolute atomic E-state index is 12.3. The molecule has 0 aliphatic heterocycles. The van der Waals surface area contributed by atoms with Crippen LogP contribution in [-0.4, -0.2) is 24.7 Å². The summed E-state index contributed by atoms with van der Waals surface area (Å²) in [6, 6.07) is 12.3. The van der Waals surface area contributed by atoms with Crippen molar-refractivity contribution in [3.63, 3.8) is 0 Å². The Bertz CT molecular complexity index is 1070. The third-order valence-electron chi connectivity index (χ3n) is 3.88. The highest BCUT2D eigenvalue weighted by Gasteiger charge is 2.23. The topological polar surface area (TPSA) is 88.2 Å². The fourth-order valence-corrected chi connectivity index (χ4v) is 4.98. The van der Waals surface area contributed by atoms with Gasteiger partial charge in [0.25, 0.3) is 0 Å². The largest absolute Gasteiger partial charge is 0.323 e. The molecular formula is C18H19N3O3S2. The summed E-state index contributed by atoms with van der Waals surface area (Å²) in [5.74, 6) is 0. The molecule has 0 unspecified atom stereocenters. The van der Waals surface area contributed by atoms with Crippen molar-refractivity contribution in [2.24, 2.45) is 0 Å². The summed E-state index contributed by atoms with van der Waals surface area (Å²) in [5, 5.41) is 5.03. The molecule has 0 fully saturated rings. The number of hydrogen-bond acceptors (Lipinski definition) is 5. The Morgan fingerprint density at radius 1 is 1.12 bits per heavy atom. The van der Waals surface area contributed by atoms with Crippen LogP contribution in [-0.2, 0) is 9.84 Å². The Hall–Kier alpha value is -2.45. The van der Waals surface area contributed by atoms with Crippen molar-refractivity contribution in [1.82, 2.24) is 4.98 Å². The predicted molar refractivity (Wildman–Crippen MR) is 106 cm³/mol. The van der Waals surface area contributed by atoms with E-state index in [1.807, 2.05) is 31.2 Å². The van der Waals surface area contributed by atoms with E-state index in [9.17, 15) is 13.2 Å².